The predicted octanol–water partition coefficient (Wildman–Crippen LogP) is 3.78. The number of halogens is 2. The highest BCUT2D eigenvalue weighted by Gasteiger charge is 2.42. The summed E-state index contributed by atoms with van der Waals surface area (Å²) in [7, 11) is 0. The number of nitriles is 1. The van der Waals surface area contributed by atoms with Crippen LogP contribution in [0.1, 0.15) is 36.9 Å². The number of hydrogen-bond donors (Lipinski definition) is 2. The molecule has 1 fully saturated rings. The van der Waals surface area contributed by atoms with Gasteiger partial charge in [0, 0.05) is 0 Å². The molecule has 2 N–H and O–H groups in total. The molecule has 0 unspecified atom stereocenters. The molecule has 0 saturated heterocycles. The van der Waals surface area contributed by atoms with E-state index in [1.165, 1.54) is 12.1 Å². The fourth-order valence-electron chi connectivity index (χ4n) is 3.33. The van der Waals surface area contributed by atoms with Gasteiger partial charge in [0.05, 0.1) is 18.7 Å². The summed E-state index contributed by atoms with van der Waals surface area (Å²) in [5.41, 5.74) is 0.874. The van der Waals surface area contributed by atoms with Gasteiger partial charge < -0.3 is 10.1 Å². The second-order valence-corrected chi connectivity index (χ2v) is 7.31. The van der Waals surface area contributed by atoms with Crippen LogP contribution in [0, 0.1) is 17.2 Å². The van der Waals surface area contributed by atoms with Crippen LogP contribution in [0.2, 0.25) is 0 Å². The zero-order valence-electron chi connectivity index (χ0n) is 16.1. The number of hydrogen-bond acceptors (Lipinski definition) is 4. The van der Waals surface area contributed by atoms with Gasteiger partial charge in [0.25, 0.3) is 0 Å². The van der Waals surface area contributed by atoms with Gasteiger partial charge >= 0.3 is 6.61 Å². The fraction of sp³-hybridized carbons (Fsp3) is 0.364. The zero-order chi connectivity index (χ0) is 20.9. The van der Waals surface area contributed by atoms with Gasteiger partial charge in [-0.05, 0) is 48.9 Å². The highest BCUT2D eigenvalue weighted by atomic mass is 19.3. The summed E-state index contributed by atoms with van der Waals surface area (Å²) in [5, 5.41) is 15.5. The van der Waals surface area contributed by atoms with Crippen molar-refractivity contribution >= 4 is 5.91 Å². The van der Waals surface area contributed by atoms with E-state index in [4.69, 9.17) is 0 Å². The Labute approximate surface area is 168 Å². The lowest BCUT2D eigenvalue weighted by molar-refractivity contribution is -0.121. The molecule has 2 aromatic carbocycles. The number of alkyl halides is 2. The molecule has 1 amide bonds. The molecule has 0 spiro atoms. The lowest BCUT2D eigenvalue weighted by Crippen LogP contribution is -2.49. The topological polar surface area (TPSA) is 74.2 Å². The molecule has 29 heavy (non-hydrogen) atoms. The van der Waals surface area contributed by atoms with Crippen LogP contribution in [0.5, 0.6) is 5.75 Å². The Kier molecular flexibility index (Phi) is 6.45. The van der Waals surface area contributed by atoms with Crippen molar-refractivity contribution in [2.45, 2.75) is 38.0 Å². The van der Waals surface area contributed by atoms with Gasteiger partial charge in [-0.25, -0.2) is 0 Å². The lowest BCUT2D eigenvalue weighted by atomic mass is 9.97. The Morgan fingerprint density at radius 3 is 2.34 bits per heavy atom. The molecule has 0 aromatic heterocycles. The van der Waals surface area contributed by atoms with Gasteiger partial charge in [-0.3, -0.25) is 10.1 Å². The van der Waals surface area contributed by atoms with Crippen LogP contribution in [0.4, 0.5) is 8.78 Å². The monoisotopic (exact) mass is 399 g/mol. The number of ether oxygens (including phenoxy) is 1. The second-order valence-electron chi connectivity index (χ2n) is 7.31. The Hall–Kier alpha value is -2.98. The average Bonchev–Trinajstić information content (AvgIpc) is 3.55. The number of carbonyl (C=O) groups excluding carboxylic acids is 1. The SMILES string of the molecule is C[C@](C#N)(NC(=O)CN[C@@H](c1ccccc1)c1ccc(OC(F)F)cc1)C1CC1. The molecule has 7 heteroatoms. The summed E-state index contributed by atoms with van der Waals surface area (Å²) in [6.45, 7) is -1.12. The van der Waals surface area contributed by atoms with Crippen molar-refractivity contribution in [2.24, 2.45) is 5.92 Å². The van der Waals surface area contributed by atoms with Gasteiger partial charge in [0.15, 0.2) is 0 Å². The number of nitrogens with zero attached hydrogens (tertiary/aromatic N) is 1. The molecule has 2 atom stereocenters. The van der Waals surface area contributed by atoms with Crippen LogP contribution < -0.4 is 15.4 Å². The maximum absolute atomic E-state index is 12.5. The highest BCUT2D eigenvalue weighted by Crippen LogP contribution is 2.39. The van der Waals surface area contributed by atoms with E-state index in [2.05, 4.69) is 21.4 Å². The van der Waals surface area contributed by atoms with Gasteiger partial charge in [-0.1, -0.05) is 42.5 Å². The van der Waals surface area contributed by atoms with E-state index in [1.54, 1.807) is 19.1 Å². The van der Waals surface area contributed by atoms with E-state index in [1.807, 2.05) is 30.3 Å². The van der Waals surface area contributed by atoms with Gasteiger partial charge in [-0.15, -0.1) is 0 Å². The Bertz CT molecular complexity index is 864. The minimum Gasteiger partial charge on any atom is -0.435 e. The number of benzene rings is 2. The van der Waals surface area contributed by atoms with E-state index in [9.17, 15) is 18.8 Å². The average molecular weight is 399 g/mol. The summed E-state index contributed by atoms with van der Waals surface area (Å²) >= 11 is 0. The molecule has 0 aliphatic heterocycles. The van der Waals surface area contributed by atoms with Crippen LogP contribution in [-0.2, 0) is 4.79 Å². The van der Waals surface area contributed by atoms with E-state index >= 15 is 0 Å². The first kappa shape index (κ1) is 20.7. The number of carbonyl (C=O) groups is 1. The normalized spacial score (nSPS) is 16.5. The van der Waals surface area contributed by atoms with Crippen molar-refractivity contribution in [3.8, 4) is 11.8 Å². The van der Waals surface area contributed by atoms with Gasteiger partial charge in [-0.2, -0.15) is 14.0 Å². The van der Waals surface area contributed by atoms with E-state index < -0.39 is 12.2 Å². The Morgan fingerprint density at radius 2 is 1.79 bits per heavy atom. The minimum absolute atomic E-state index is 0.0127. The molecule has 152 valence electrons. The summed E-state index contributed by atoms with van der Waals surface area (Å²) < 4.78 is 29.2. The molecule has 1 aliphatic carbocycles. The first-order valence-electron chi connectivity index (χ1n) is 9.46. The van der Waals surface area contributed by atoms with Gasteiger partial charge in [0.2, 0.25) is 5.91 Å². The Balaban J connectivity index is 1.71. The standard InChI is InChI=1S/C22H23F2N3O2/c1-22(14-25,17-9-10-17)27-19(28)13-26-20(15-5-3-2-4-6-15)16-7-11-18(12-8-16)29-21(23)24/h2-8,11-12,17,20-21,26H,9-10,13H2,1H3,(H,27,28)/t20-,22+/m0/s1. The second kappa shape index (κ2) is 9.01. The largest absolute Gasteiger partial charge is 0.435 e. The fourth-order valence-corrected chi connectivity index (χ4v) is 3.33. The summed E-state index contributed by atoms with van der Waals surface area (Å²) in [4.78, 5) is 12.5. The third kappa shape index (κ3) is 5.52. The first-order valence-corrected chi connectivity index (χ1v) is 9.46. The quantitative estimate of drug-likeness (QED) is 0.673. The van der Waals surface area contributed by atoms with Crippen LogP contribution in [-0.4, -0.2) is 24.6 Å². The van der Waals surface area contributed by atoms with E-state index in [-0.39, 0.29) is 30.2 Å². The molecular weight excluding hydrogens is 376 g/mol. The predicted molar refractivity (Wildman–Crippen MR) is 104 cm³/mol. The van der Waals surface area contributed by atoms with Crippen molar-refractivity contribution in [1.29, 1.82) is 5.26 Å². The van der Waals surface area contributed by atoms with Crippen molar-refractivity contribution in [2.75, 3.05) is 6.54 Å². The van der Waals surface area contributed by atoms with Crippen LogP contribution in [0.15, 0.2) is 54.6 Å². The van der Waals surface area contributed by atoms with E-state index in [0.717, 1.165) is 24.0 Å². The molecule has 3 rings (SSSR count). The summed E-state index contributed by atoms with van der Waals surface area (Å²) in [6.07, 6.45) is 1.88. The minimum atomic E-state index is -2.88. The number of amides is 1. The third-order valence-electron chi connectivity index (χ3n) is 5.06. The highest BCUT2D eigenvalue weighted by molar-refractivity contribution is 5.79. The molecule has 1 aliphatic rings. The van der Waals surface area contributed by atoms with Crippen LogP contribution >= 0.6 is 0 Å². The molecule has 0 heterocycles. The van der Waals surface area contributed by atoms with Gasteiger partial charge in [0.1, 0.15) is 11.3 Å². The number of nitrogens with one attached hydrogen (secondary N) is 2. The molecule has 0 bridgehead atoms. The molecular formula is C22H23F2N3O2. The Morgan fingerprint density at radius 1 is 1.17 bits per heavy atom. The van der Waals surface area contributed by atoms with Crippen LogP contribution in [0.3, 0.4) is 0 Å². The molecule has 1 saturated carbocycles. The summed E-state index contributed by atoms with van der Waals surface area (Å²) in [5.74, 6) is 0.00538. The maximum Gasteiger partial charge on any atom is 0.387 e. The van der Waals surface area contributed by atoms with Crippen molar-refractivity contribution in [1.82, 2.24) is 10.6 Å². The zero-order valence-corrected chi connectivity index (χ0v) is 16.1. The van der Waals surface area contributed by atoms with Crippen molar-refractivity contribution in [3.05, 3.63) is 65.7 Å². The van der Waals surface area contributed by atoms with Crippen molar-refractivity contribution < 1.29 is 18.3 Å². The smallest absolute Gasteiger partial charge is 0.387 e. The molecule has 2 aromatic rings. The maximum atomic E-state index is 12.5. The van der Waals surface area contributed by atoms with Crippen molar-refractivity contribution in [3.63, 3.8) is 0 Å². The summed E-state index contributed by atoms with van der Waals surface area (Å²) in [6, 6.07) is 17.7. The first-order chi connectivity index (χ1) is 13.9. The number of rotatable bonds is 9. The van der Waals surface area contributed by atoms with Crippen LogP contribution in [0.25, 0.3) is 0 Å². The molecule has 5 nitrogen and oxygen atoms in total. The lowest BCUT2D eigenvalue weighted by Gasteiger charge is -2.25. The molecule has 0 radical (unpaired) electrons. The van der Waals surface area contributed by atoms with E-state index in [0.29, 0.717) is 0 Å². The third-order valence-corrected chi connectivity index (χ3v) is 5.06.